The van der Waals surface area contributed by atoms with E-state index in [1.807, 2.05) is 46.2 Å². The molecule has 172 valence electrons. The molecule has 5 heteroatoms. The van der Waals surface area contributed by atoms with Crippen molar-refractivity contribution in [3.63, 3.8) is 0 Å². The highest BCUT2D eigenvalue weighted by atomic mass is 16.6. The molecule has 33 heavy (non-hydrogen) atoms. The van der Waals surface area contributed by atoms with Crippen LogP contribution in [0.2, 0.25) is 0 Å². The maximum absolute atomic E-state index is 12.6. The molecule has 0 spiro atoms. The summed E-state index contributed by atoms with van der Waals surface area (Å²) in [5.41, 5.74) is 7.73. The fourth-order valence-corrected chi connectivity index (χ4v) is 4.47. The predicted octanol–water partition coefficient (Wildman–Crippen LogP) is 6.21. The van der Waals surface area contributed by atoms with Crippen LogP contribution in [0.1, 0.15) is 56.0 Å². The van der Waals surface area contributed by atoms with Crippen molar-refractivity contribution >= 4 is 11.8 Å². The van der Waals surface area contributed by atoms with Crippen molar-refractivity contribution in [2.24, 2.45) is 0 Å². The molecule has 0 saturated heterocycles. The average Bonchev–Trinajstić information content (AvgIpc) is 2.90. The second-order valence-corrected chi connectivity index (χ2v) is 9.81. The van der Waals surface area contributed by atoms with Crippen LogP contribution in [0.3, 0.4) is 0 Å². The largest absolute Gasteiger partial charge is 0.444 e. The van der Waals surface area contributed by atoms with Crippen molar-refractivity contribution in [2.45, 2.75) is 59.2 Å². The molecule has 2 heterocycles. The number of amides is 1. The second-order valence-electron chi connectivity index (χ2n) is 9.81. The van der Waals surface area contributed by atoms with Crippen LogP contribution in [-0.4, -0.2) is 23.2 Å². The van der Waals surface area contributed by atoms with E-state index in [-0.39, 0.29) is 6.04 Å². The lowest BCUT2D eigenvalue weighted by Crippen LogP contribution is -2.35. The van der Waals surface area contributed by atoms with Crippen LogP contribution in [0.15, 0.2) is 60.9 Å². The summed E-state index contributed by atoms with van der Waals surface area (Å²) >= 11 is 0. The van der Waals surface area contributed by atoms with E-state index in [0.29, 0.717) is 0 Å². The first-order valence-corrected chi connectivity index (χ1v) is 11.6. The SMILES string of the molecule is Cc1cc2c(c([C@@H](C)NC(=O)OC(C)(C)C)c1)N(Cc1ccccc1)CCc1ccncc1-2. The molecule has 0 fully saturated rings. The number of aromatic nitrogens is 1. The molecule has 0 radical (unpaired) electrons. The van der Waals surface area contributed by atoms with E-state index in [4.69, 9.17) is 4.74 Å². The number of hydrogen-bond acceptors (Lipinski definition) is 4. The number of aryl methyl sites for hydroxylation is 1. The van der Waals surface area contributed by atoms with Gasteiger partial charge < -0.3 is 15.0 Å². The summed E-state index contributed by atoms with van der Waals surface area (Å²) in [5.74, 6) is 0. The highest BCUT2D eigenvalue weighted by molar-refractivity contribution is 5.85. The van der Waals surface area contributed by atoms with Gasteiger partial charge in [0.25, 0.3) is 0 Å². The third kappa shape index (κ3) is 5.36. The molecule has 0 bridgehead atoms. The summed E-state index contributed by atoms with van der Waals surface area (Å²) in [6.07, 6.45) is 4.37. The molecule has 3 aromatic rings. The second kappa shape index (κ2) is 9.26. The zero-order valence-electron chi connectivity index (χ0n) is 20.2. The fourth-order valence-electron chi connectivity index (χ4n) is 4.47. The zero-order chi connectivity index (χ0) is 23.6. The van der Waals surface area contributed by atoms with Crippen LogP contribution >= 0.6 is 0 Å². The Morgan fingerprint density at radius 1 is 1.15 bits per heavy atom. The number of rotatable bonds is 4. The van der Waals surface area contributed by atoms with E-state index in [0.717, 1.165) is 41.9 Å². The summed E-state index contributed by atoms with van der Waals surface area (Å²) in [7, 11) is 0. The Morgan fingerprint density at radius 2 is 1.91 bits per heavy atom. The summed E-state index contributed by atoms with van der Waals surface area (Å²) in [5, 5.41) is 3.06. The van der Waals surface area contributed by atoms with Crippen molar-refractivity contribution in [1.82, 2.24) is 10.3 Å². The minimum Gasteiger partial charge on any atom is -0.444 e. The van der Waals surface area contributed by atoms with Crippen LogP contribution in [0.5, 0.6) is 0 Å². The van der Waals surface area contributed by atoms with Gasteiger partial charge in [-0.15, -0.1) is 0 Å². The molecule has 1 N–H and O–H groups in total. The van der Waals surface area contributed by atoms with Crippen molar-refractivity contribution in [2.75, 3.05) is 11.4 Å². The highest BCUT2D eigenvalue weighted by Gasteiger charge is 2.27. The first kappa shape index (κ1) is 22.8. The molecular weight excluding hydrogens is 410 g/mol. The van der Waals surface area contributed by atoms with Crippen LogP contribution in [-0.2, 0) is 17.7 Å². The van der Waals surface area contributed by atoms with Gasteiger partial charge in [-0.25, -0.2) is 4.79 Å². The molecule has 1 atom stereocenters. The fraction of sp³-hybridized carbons (Fsp3) is 0.357. The van der Waals surface area contributed by atoms with Crippen LogP contribution in [0.4, 0.5) is 10.5 Å². The number of pyridine rings is 1. The smallest absolute Gasteiger partial charge is 0.408 e. The lowest BCUT2D eigenvalue weighted by atomic mass is 9.93. The summed E-state index contributed by atoms with van der Waals surface area (Å²) in [6.45, 7) is 11.4. The van der Waals surface area contributed by atoms with E-state index in [2.05, 4.69) is 64.6 Å². The molecule has 1 amide bonds. The number of carbonyl (C=O) groups is 1. The summed E-state index contributed by atoms with van der Waals surface area (Å²) < 4.78 is 5.53. The summed E-state index contributed by atoms with van der Waals surface area (Å²) in [4.78, 5) is 19.4. The molecule has 2 aromatic carbocycles. The van der Waals surface area contributed by atoms with Gasteiger partial charge in [-0.1, -0.05) is 42.0 Å². The molecule has 0 aliphatic carbocycles. The van der Waals surface area contributed by atoms with E-state index >= 15 is 0 Å². The van der Waals surface area contributed by atoms with Crippen LogP contribution in [0, 0.1) is 6.92 Å². The van der Waals surface area contributed by atoms with E-state index < -0.39 is 11.7 Å². The number of nitrogens with one attached hydrogen (secondary N) is 1. The van der Waals surface area contributed by atoms with Crippen LogP contribution in [0.25, 0.3) is 11.1 Å². The molecule has 0 saturated carbocycles. The quantitative estimate of drug-likeness (QED) is 0.521. The Kier molecular flexibility index (Phi) is 6.41. The number of anilines is 1. The third-order valence-electron chi connectivity index (χ3n) is 5.87. The van der Waals surface area contributed by atoms with E-state index in [9.17, 15) is 4.79 Å². The molecule has 5 nitrogen and oxygen atoms in total. The molecule has 4 rings (SSSR count). The van der Waals surface area contributed by atoms with E-state index in [1.165, 1.54) is 16.7 Å². The predicted molar refractivity (Wildman–Crippen MR) is 133 cm³/mol. The van der Waals surface area contributed by atoms with Gasteiger partial charge in [0.2, 0.25) is 0 Å². The number of hydrogen-bond donors (Lipinski definition) is 1. The number of benzene rings is 2. The summed E-state index contributed by atoms with van der Waals surface area (Å²) in [6, 6.07) is 16.8. The average molecular weight is 444 g/mol. The van der Waals surface area contributed by atoms with Crippen molar-refractivity contribution in [3.8, 4) is 11.1 Å². The number of ether oxygens (including phenoxy) is 1. The zero-order valence-corrected chi connectivity index (χ0v) is 20.2. The third-order valence-corrected chi connectivity index (χ3v) is 5.87. The van der Waals surface area contributed by atoms with Gasteiger partial charge in [0.15, 0.2) is 0 Å². The topological polar surface area (TPSA) is 54.5 Å². The van der Waals surface area contributed by atoms with E-state index in [1.54, 1.807) is 0 Å². The maximum atomic E-state index is 12.6. The Morgan fingerprint density at radius 3 is 2.64 bits per heavy atom. The first-order valence-electron chi connectivity index (χ1n) is 11.6. The minimum atomic E-state index is -0.544. The lowest BCUT2D eigenvalue weighted by Gasteiger charge is -2.31. The van der Waals surface area contributed by atoms with Crippen molar-refractivity contribution < 1.29 is 9.53 Å². The van der Waals surface area contributed by atoms with Crippen LogP contribution < -0.4 is 10.2 Å². The van der Waals surface area contributed by atoms with Gasteiger partial charge in [0.05, 0.1) is 11.7 Å². The van der Waals surface area contributed by atoms with Gasteiger partial charge >= 0.3 is 6.09 Å². The molecule has 1 aliphatic heterocycles. The first-order chi connectivity index (χ1) is 15.7. The Bertz CT molecular complexity index is 1140. The van der Waals surface area contributed by atoms with Gasteiger partial charge in [-0.2, -0.15) is 0 Å². The van der Waals surface area contributed by atoms with Gasteiger partial charge in [0, 0.05) is 36.6 Å². The molecular formula is C28H33N3O2. The highest BCUT2D eigenvalue weighted by Crippen LogP contribution is 2.42. The number of nitrogens with zero attached hydrogens (tertiary/aromatic N) is 2. The molecule has 0 unspecified atom stereocenters. The minimum absolute atomic E-state index is 0.218. The van der Waals surface area contributed by atoms with Gasteiger partial charge in [0.1, 0.15) is 5.60 Å². The Hall–Kier alpha value is -3.34. The maximum Gasteiger partial charge on any atom is 0.408 e. The number of carbonyl (C=O) groups excluding carboxylic acids is 1. The van der Waals surface area contributed by atoms with Crippen molar-refractivity contribution in [1.29, 1.82) is 0 Å². The Balaban J connectivity index is 1.80. The van der Waals surface area contributed by atoms with Gasteiger partial charge in [-0.3, -0.25) is 4.98 Å². The molecule has 1 aliphatic rings. The normalized spacial score (nSPS) is 14.0. The van der Waals surface area contributed by atoms with Crippen molar-refractivity contribution in [3.05, 3.63) is 83.2 Å². The Labute approximate surface area is 196 Å². The standard InChI is InChI=1S/C28H33N3O2/c1-19-15-23(20(2)30-27(32)33-28(3,4)5)26-24(16-19)25-17-29-13-11-22(25)12-14-31(26)18-21-9-7-6-8-10-21/h6-11,13,15-17,20H,12,14,18H2,1-5H3,(H,30,32)/t20-/m1/s1. The number of alkyl carbamates (subject to hydrolysis) is 1. The molecule has 1 aromatic heterocycles. The van der Waals surface area contributed by atoms with Gasteiger partial charge in [-0.05, 0) is 69.9 Å². The lowest BCUT2D eigenvalue weighted by molar-refractivity contribution is 0.0508. The monoisotopic (exact) mass is 443 g/mol. The number of fused-ring (bicyclic) bond motifs is 3.